The summed E-state index contributed by atoms with van der Waals surface area (Å²) in [7, 11) is 0. The van der Waals surface area contributed by atoms with E-state index in [1.165, 1.54) is 18.4 Å². The number of thioether (sulfide) groups is 1. The molecule has 2 saturated heterocycles. The average molecular weight is 424 g/mol. The van der Waals surface area contributed by atoms with Crippen molar-refractivity contribution in [1.82, 2.24) is 10.2 Å². The van der Waals surface area contributed by atoms with Crippen molar-refractivity contribution in [2.24, 2.45) is 5.92 Å². The van der Waals surface area contributed by atoms with E-state index < -0.39 is 0 Å². The Kier molecular flexibility index (Phi) is 6.75. The van der Waals surface area contributed by atoms with Gasteiger partial charge in [0.15, 0.2) is 0 Å². The van der Waals surface area contributed by atoms with Crippen LogP contribution in [0.4, 0.5) is 5.69 Å². The van der Waals surface area contributed by atoms with Crippen LogP contribution in [0.5, 0.6) is 0 Å². The third-order valence-electron chi connectivity index (χ3n) is 6.12. The number of carbonyl (C=O) groups is 2. The van der Waals surface area contributed by atoms with Gasteiger partial charge in [0.1, 0.15) is 0 Å². The smallest absolute Gasteiger partial charge is 0.227 e. The third-order valence-corrected chi connectivity index (χ3v) is 6.86. The van der Waals surface area contributed by atoms with E-state index in [0.29, 0.717) is 13.1 Å². The third kappa shape index (κ3) is 4.71. The molecule has 1 N–H and O–H groups in total. The number of nitrogens with zero attached hydrogens (tertiary/aromatic N) is 2. The van der Waals surface area contributed by atoms with Gasteiger partial charge in [-0.1, -0.05) is 30.3 Å². The molecule has 30 heavy (non-hydrogen) atoms. The van der Waals surface area contributed by atoms with Gasteiger partial charge in [-0.2, -0.15) is 0 Å². The molecule has 2 aliphatic heterocycles. The number of rotatable bonds is 7. The summed E-state index contributed by atoms with van der Waals surface area (Å²) in [5.74, 6) is -0.300. The lowest BCUT2D eigenvalue weighted by molar-refractivity contribution is -0.126. The molecule has 6 heteroatoms. The lowest BCUT2D eigenvalue weighted by atomic mass is 10.0. The highest BCUT2D eigenvalue weighted by Gasteiger charge is 2.35. The van der Waals surface area contributed by atoms with Gasteiger partial charge in [0.2, 0.25) is 11.8 Å². The molecule has 5 nitrogen and oxygen atoms in total. The monoisotopic (exact) mass is 423 g/mol. The number of hydrogen-bond acceptors (Lipinski definition) is 4. The highest BCUT2D eigenvalue weighted by molar-refractivity contribution is 7.98. The molecule has 0 spiro atoms. The number of likely N-dealkylation sites (tertiary alicyclic amines) is 1. The molecule has 0 aromatic heterocycles. The lowest BCUT2D eigenvalue weighted by Crippen LogP contribution is -2.40. The first-order chi connectivity index (χ1) is 14.7. The second-order valence-corrected chi connectivity index (χ2v) is 8.90. The number of hydrogen-bond donors (Lipinski definition) is 1. The predicted octanol–water partition coefficient (Wildman–Crippen LogP) is 3.71. The number of anilines is 1. The molecule has 2 heterocycles. The van der Waals surface area contributed by atoms with E-state index in [-0.39, 0.29) is 30.2 Å². The van der Waals surface area contributed by atoms with Crippen LogP contribution in [0, 0.1) is 5.92 Å². The fourth-order valence-electron chi connectivity index (χ4n) is 4.42. The quantitative estimate of drug-likeness (QED) is 0.690. The van der Waals surface area contributed by atoms with Crippen LogP contribution in [-0.4, -0.2) is 49.1 Å². The molecular weight excluding hydrogens is 394 g/mol. The molecule has 0 bridgehead atoms. The van der Waals surface area contributed by atoms with Crippen LogP contribution in [0.15, 0.2) is 59.5 Å². The maximum Gasteiger partial charge on any atom is 0.227 e. The predicted molar refractivity (Wildman–Crippen MR) is 122 cm³/mol. The average Bonchev–Trinajstić information content (AvgIpc) is 3.45. The van der Waals surface area contributed by atoms with E-state index in [2.05, 4.69) is 34.5 Å². The topological polar surface area (TPSA) is 52.7 Å². The molecule has 2 amide bonds. The van der Waals surface area contributed by atoms with E-state index >= 15 is 0 Å². The van der Waals surface area contributed by atoms with E-state index in [0.717, 1.165) is 23.7 Å². The standard InChI is InChI=1S/C24H29N3O2S/c1-30-21-11-9-20(10-12-21)27-17-19(15-23(27)28)24(29)25-16-22(26-13-5-6-14-26)18-7-3-2-4-8-18/h2-4,7-12,19,22H,5-6,13-17H2,1H3,(H,25,29)/t19-,22+/m0/s1. The van der Waals surface area contributed by atoms with Gasteiger partial charge in [-0.15, -0.1) is 11.8 Å². The van der Waals surface area contributed by atoms with Crippen LogP contribution in [0.2, 0.25) is 0 Å². The normalized spacial score (nSPS) is 20.5. The zero-order chi connectivity index (χ0) is 20.9. The Labute approximate surface area is 182 Å². The second kappa shape index (κ2) is 9.67. The van der Waals surface area contributed by atoms with Gasteiger partial charge in [-0.05, 0) is 62.0 Å². The SMILES string of the molecule is CSc1ccc(N2C[C@@H](C(=O)NC[C@H](c3ccccc3)N3CCCC3)CC2=O)cc1. The van der Waals surface area contributed by atoms with Gasteiger partial charge in [0, 0.05) is 30.1 Å². The van der Waals surface area contributed by atoms with Gasteiger partial charge in [-0.25, -0.2) is 0 Å². The molecule has 2 fully saturated rings. The van der Waals surface area contributed by atoms with Gasteiger partial charge in [0.25, 0.3) is 0 Å². The second-order valence-electron chi connectivity index (χ2n) is 8.02. The van der Waals surface area contributed by atoms with Crippen molar-refractivity contribution in [2.75, 3.05) is 37.3 Å². The van der Waals surface area contributed by atoms with E-state index in [9.17, 15) is 9.59 Å². The van der Waals surface area contributed by atoms with Crippen LogP contribution in [0.25, 0.3) is 0 Å². The Hall–Kier alpha value is -2.31. The highest BCUT2D eigenvalue weighted by atomic mass is 32.2. The number of carbonyl (C=O) groups excluding carboxylic acids is 2. The summed E-state index contributed by atoms with van der Waals surface area (Å²) in [6.45, 7) is 3.16. The summed E-state index contributed by atoms with van der Waals surface area (Å²) in [5, 5.41) is 3.15. The molecule has 0 saturated carbocycles. The van der Waals surface area contributed by atoms with Gasteiger partial charge in [0.05, 0.1) is 12.0 Å². The summed E-state index contributed by atoms with van der Waals surface area (Å²) in [6.07, 6.45) is 4.72. The maximum absolute atomic E-state index is 12.9. The van der Waals surface area contributed by atoms with Crippen molar-refractivity contribution in [3.63, 3.8) is 0 Å². The van der Waals surface area contributed by atoms with Crippen molar-refractivity contribution in [2.45, 2.75) is 30.2 Å². The number of nitrogens with one attached hydrogen (secondary N) is 1. The fraction of sp³-hybridized carbons (Fsp3) is 0.417. The Morgan fingerprint density at radius 3 is 2.47 bits per heavy atom. The summed E-state index contributed by atoms with van der Waals surface area (Å²) in [6, 6.07) is 18.5. The maximum atomic E-state index is 12.9. The molecular formula is C24H29N3O2S. The molecule has 2 aliphatic rings. The summed E-state index contributed by atoms with van der Waals surface area (Å²) in [4.78, 5) is 30.8. The van der Waals surface area contributed by atoms with E-state index in [1.54, 1.807) is 16.7 Å². The minimum atomic E-state index is -0.298. The van der Waals surface area contributed by atoms with Crippen LogP contribution in [0.1, 0.15) is 30.9 Å². The summed E-state index contributed by atoms with van der Waals surface area (Å²) in [5.41, 5.74) is 2.10. The molecule has 0 radical (unpaired) electrons. The van der Waals surface area contributed by atoms with Crippen LogP contribution in [0.3, 0.4) is 0 Å². The van der Waals surface area contributed by atoms with Crippen molar-refractivity contribution >= 4 is 29.3 Å². The van der Waals surface area contributed by atoms with E-state index in [4.69, 9.17) is 0 Å². The fourth-order valence-corrected chi connectivity index (χ4v) is 4.83. The van der Waals surface area contributed by atoms with Gasteiger partial charge >= 0.3 is 0 Å². The zero-order valence-corrected chi connectivity index (χ0v) is 18.2. The molecule has 2 aromatic rings. The van der Waals surface area contributed by atoms with Crippen molar-refractivity contribution in [3.05, 3.63) is 60.2 Å². The Morgan fingerprint density at radius 2 is 1.80 bits per heavy atom. The Bertz CT molecular complexity index is 866. The Morgan fingerprint density at radius 1 is 1.10 bits per heavy atom. The van der Waals surface area contributed by atoms with Crippen LogP contribution >= 0.6 is 11.8 Å². The molecule has 2 aromatic carbocycles. The first-order valence-electron chi connectivity index (χ1n) is 10.7. The summed E-state index contributed by atoms with van der Waals surface area (Å²) >= 11 is 1.67. The highest BCUT2D eigenvalue weighted by Crippen LogP contribution is 2.28. The van der Waals surface area contributed by atoms with E-state index in [1.807, 2.05) is 36.6 Å². The van der Waals surface area contributed by atoms with Crippen LogP contribution < -0.4 is 10.2 Å². The summed E-state index contributed by atoms with van der Waals surface area (Å²) < 4.78 is 0. The zero-order valence-electron chi connectivity index (χ0n) is 17.4. The first kappa shape index (κ1) is 20.9. The minimum Gasteiger partial charge on any atom is -0.354 e. The van der Waals surface area contributed by atoms with Crippen molar-refractivity contribution < 1.29 is 9.59 Å². The number of amides is 2. The molecule has 4 rings (SSSR count). The van der Waals surface area contributed by atoms with Crippen LogP contribution in [-0.2, 0) is 9.59 Å². The van der Waals surface area contributed by atoms with Gasteiger partial charge in [-0.3, -0.25) is 14.5 Å². The molecule has 0 unspecified atom stereocenters. The molecule has 0 aliphatic carbocycles. The largest absolute Gasteiger partial charge is 0.354 e. The molecule has 158 valence electrons. The Balaban J connectivity index is 1.38. The first-order valence-corrected chi connectivity index (χ1v) is 11.9. The van der Waals surface area contributed by atoms with Gasteiger partial charge < -0.3 is 10.2 Å². The van der Waals surface area contributed by atoms with Crippen molar-refractivity contribution in [3.8, 4) is 0 Å². The minimum absolute atomic E-state index is 0.0196. The molecule has 2 atom stereocenters. The number of benzene rings is 2. The lowest BCUT2D eigenvalue weighted by Gasteiger charge is -2.28. The van der Waals surface area contributed by atoms with Crippen molar-refractivity contribution in [1.29, 1.82) is 0 Å².